The van der Waals surface area contributed by atoms with Crippen LogP contribution in [0.25, 0.3) is 11.3 Å². The fourth-order valence-corrected chi connectivity index (χ4v) is 10.4. The van der Waals surface area contributed by atoms with Crippen molar-refractivity contribution in [3.05, 3.63) is 30.5 Å². The number of amides is 1. The number of rotatable bonds is 18. The number of aliphatic hydroxyl groups excluding tert-OH is 1. The number of carboxylic acid groups (broad SMARTS) is 2. The van der Waals surface area contributed by atoms with Crippen LogP contribution in [0.5, 0.6) is 0 Å². The molecule has 0 aliphatic carbocycles. The van der Waals surface area contributed by atoms with E-state index >= 15 is 0 Å². The van der Waals surface area contributed by atoms with E-state index in [4.69, 9.17) is 29.4 Å². The second kappa shape index (κ2) is 25.1. The number of carbonyl (C=O) groups excluding carboxylic acids is 3. The first-order valence-corrected chi connectivity index (χ1v) is 24.1. The van der Waals surface area contributed by atoms with Gasteiger partial charge in [-0.05, 0) is 111 Å². The van der Waals surface area contributed by atoms with E-state index in [1.54, 1.807) is 36.4 Å². The zero-order valence-corrected chi connectivity index (χ0v) is 41.8. The molecule has 7 N–H and O–H groups in total. The molecule has 4 heterocycles. The van der Waals surface area contributed by atoms with Crippen LogP contribution in [-0.2, 0) is 49.4 Å². The Kier molecular flexibility index (Phi) is 20.7. The van der Waals surface area contributed by atoms with Crippen molar-refractivity contribution in [2.24, 2.45) is 17.8 Å². The summed E-state index contributed by atoms with van der Waals surface area (Å²) in [5.74, 6) is -6.42. The molecular formula is C49H80N8O13. The van der Waals surface area contributed by atoms with Crippen molar-refractivity contribution >= 4 is 35.5 Å². The molecule has 14 atom stereocenters. The minimum atomic E-state index is -1.50. The fourth-order valence-electron chi connectivity index (χ4n) is 10.4. The molecule has 0 saturated carbocycles. The number of benzene rings is 1. The van der Waals surface area contributed by atoms with Gasteiger partial charge in [0, 0.05) is 49.5 Å². The number of unbranched alkanes of at least 4 members (excludes halogenated alkanes) is 1. The summed E-state index contributed by atoms with van der Waals surface area (Å²) in [6, 6.07) is 4.16. The van der Waals surface area contributed by atoms with Crippen molar-refractivity contribution in [3.63, 3.8) is 0 Å². The molecule has 0 spiro atoms. The number of cyclic esters (lactones) is 1. The average molecular weight is 989 g/mol. The topological polar surface area (TPSA) is 279 Å². The van der Waals surface area contributed by atoms with Gasteiger partial charge in [0.15, 0.2) is 17.7 Å². The summed E-state index contributed by atoms with van der Waals surface area (Å²) in [6.45, 7) is 13.4. The number of nitrogens with one attached hydrogen (secondary N) is 2. The smallest absolute Gasteiger partial charge is 0.410 e. The zero-order valence-electron chi connectivity index (χ0n) is 41.8. The third kappa shape index (κ3) is 13.8. The average Bonchev–Trinajstić information content (AvgIpc) is 3.87. The van der Waals surface area contributed by atoms with Gasteiger partial charge in [-0.1, -0.05) is 45.5 Å². The lowest BCUT2D eigenvalue weighted by Crippen LogP contribution is -2.62. The van der Waals surface area contributed by atoms with E-state index in [1.807, 2.05) is 64.2 Å². The number of aliphatic carboxylic acids is 2. The minimum absolute atomic E-state index is 0. The summed E-state index contributed by atoms with van der Waals surface area (Å²) in [5.41, 5.74) is 5.37. The lowest BCUT2D eigenvalue weighted by molar-refractivity contribution is -0.295. The number of fused-ring (bicyclic) bond motifs is 1. The molecular weight excluding hydrogens is 909 g/mol. The molecule has 3 aliphatic heterocycles. The van der Waals surface area contributed by atoms with Crippen LogP contribution in [0.3, 0.4) is 0 Å². The van der Waals surface area contributed by atoms with Crippen LogP contribution in [0.2, 0.25) is 0 Å². The fraction of sp³-hybridized carbons (Fsp3) is 0.735. The van der Waals surface area contributed by atoms with E-state index in [9.17, 15) is 39.3 Å². The van der Waals surface area contributed by atoms with Crippen molar-refractivity contribution in [2.75, 3.05) is 46.6 Å². The van der Waals surface area contributed by atoms with Crippen LogP contribution >= 0.6 is 0 Å². The molecule has 0 radical (unpaired) electrons. The van der Waals surface area contributed by atoms with Gasteiger partial charge in [0.05, 0.1) is 36.5 Å². The number of Topliss-reactive ketones (excluding diaryl/α,β-unsaturated/α-hetero) is 1. The van der Waals surface area contributed by atoms with Crippen LogP contribution in [0.4, 0.5) is 10.5 Å². The van der Waals surface area contributed by atoms with Gasteiger partial charge >= 0.3 is 24.0 Å². The molecule has 1 aromatic carbocycles. The minimum Gasteiger partial charge on any atom is -0.481 e. The number of ether oxygens (including phenoxy) is 5. The van der Waals surface area contributed by atoms with Crippen LogP contribution in [0.15, 0.2) is 30.5 Å². The maximum Gasteiger partial charge on any atom is 0.410 e. The van der Waals surface area contributed by atoms with Crippen LogP contribution in [-0.4, -0.2) is 177 Å². The Hall–Kier alpha value is -4.77. The van der Waals surface area contributed by atoms with Crippen LogP contribution in [0, 0.1) is 17.8 Å². The number of nitrogens with two attached hydrogens (primary N) is 1. The van der Waals surface area contributed by atoms with Gasteiger partial charge in [0.1, 0.15) is 29.9 Å². The number of methoxy groups -OCH3 is 1. The molecule has 21 heteroatoms. The number of nitrogens with zero attached hydrogens (tertiary/aromatic N) is 5. The standard InChI is InChI=1S/C48H76N8O13.CH4/c1-11-37-48(7)41(56(46(64)69-48)20-13-12-19-55-26-35(52-53-55)31-15-14-16-32(49)22-31)33(17-18-50-34(43(61)62)23-38(57)58)51-25-27(2)24-47(6,65-10)42(29(4)39(59)30(5)44(63)67-37)68-45-40(60)36(54(8)9)21-28(3)66-45;/h14-16,22,26-30,33-34,36-37,40-42,45,50-51,60H,11-13,17-21,23-25,49H2,1-10H3,(H,57,58)(H,61,62);1H4/t27-,28?,29+,30-,33-,34-,36?,37-,40?,41-,42-,45+,47-,48-;/m1./s1. The van der Waals surface area contributed by atoms with Gasteiger partial charge in [0.25, 0.3) is 0 Å². The zero-order chi connectivity index (χ0) is 51.0. The number of anilines is 1. The SMILES string of the molecule is C.CC[C@H]1OC(=O)[C@H](C)C(=O)[C@H](C)[C@@H](O[C@@H]2OC(C)CC(N(C)C)C2O)[C@](C)(OC)C[C@@H](C)CN[C@H](CCN[C@H](CC(=O)O)C(=O)O)[C@H]2N(CCCCn3cc(-c4cccc(N)c4)nn3)C(=O)O[C@]12C. The molecule has 0 bridgehead atoms. The first-order valence-electron chi connectivity index (χ1n) is 24.1. The van der Waals surface area contributed by atoms with Gasteiger partial charge < -0.3 is 60.3 Å². The number of likely N-dealkylation sites (N-methyl/N-ethyl adjacent to an activating group) is 1. The predicted octanol–water partition coefficient (Wildman–Crippen LogP) is 3.81. The summed E-state index contributed by atoms with van der Waals surface area (Å²) in [4.78, 5) is 70.4. The van der Waals surface area contributed by atoms with Crippen LogP contribution < -0.4 is 16.4 Å². The highest BCUT2D eigenvalue weighted by Gasteiger charge is 2.59. The molecule has 2 aromatic rings. The summed E-state index contributed by atoms with van der Waals surface area (Å²) < 4.78 is 33.4. The van der Waals surface area contributed by atoms with Gasteiger partial charge in [-0.15, -0.1) is 5.10 Å². The lowest BCUT2D eigenvalue weighted by Gasteiger charge is -2.46. The Labute approximate surface area is 412 Å². The maximum absolute atomic E-state index is 14.6. The van der Waals surface area contributed by atoms with E-state index < -0.39 is 102 Å². The van der Waals surface area contributed by atoms with Crippen molar-refractivity contribution in [1.82, 2.24) is 35.4 Å². The number of aromatic nitrogens is 3. The van der Waals surface area contributed by atoms with E-state index in [-0.39, 0.29) is 51.4 Å². The molecule has 3 unspecified atom stereocenters. The number of carboxylic acids is 2. The highest BCUT2D eigenvalue weighted by atomic mass is 16.7. The van der Waals surface area contributed by atoms with Crippen molar-refractivity contribution in [3.8, 4) is 11.3 Å². The summed E-state index contributed by atoms with van der Waals surface area (Å²) in [6.07, 6.45) is -1.75. The summed E-state index contributed by atoms with van der Waals surface area (Å²) in [7, 11) is 5.25. The van der Waals surface area contributed by atoms with Gasteiger partial charge in [-0.25, -0.2) is 4.79 Å². The molecule has 21 nitrogen and oxygen atoms in total. The first kappa shape index (κ1) is 57.8. The van der Waals surface area contributed by atoms with Crippen molar-refractivity contribution in [1.29, 1.82) is 0 Å². The number of hydrogen-bond acceptors (Lipinski definition) is 17. The third-order valence-corrected chi connectivity index (χ3v) is 14.2. The second-order valence-electron chi connectivity index (χ2n) is 19.8. The normalized spacial score (nSPS) is 32.8. The van der Waals surface area contributed by atoms with E-state index in [0.717, 1.165) is 5.56 Å². The Bertz CT molecular complexity index is 2080. The van der Waals surface area contributed by atoms with Crippen LogP contribution in [0.1, 0.15) is 101 Å². The molecule has 394 valence electrons. The molecule has 5 rings (SSSR count). The quantitative estimate of drug-likeness (QED) is 0.0536. The van der Waals surface area contributed by atoms with Crippen molar-refractivity contribution < 1.29 is 63.0 Å². The predicted molar refractivity (Wildman–Crippen MR) is 259 cm³/mol. The molecule has 70 heavy (non-hydrogen) atoms. The highest BCUT2D eigenvalue weighted by Crippen LogP contribution is 2.41. The Morgan fingerprint density at radius 3 is 2.43 bits per heavy atom. The molecule has 1 aromatic heterocycles. The van der Waals surface area contributed by atoms with Crippen molar-refractivity contribution in [2.45, 2.75) is 173 Å². The van der Waals surface area contributed by atoms with E-state index in [0.29, 0.717) is 50.2 Å². The Balaban J connectivity index is 0.0000107. The number of aryl methyl sites for hydroxylation is 1. The number of aliphatic hydroxyl groups is 1. The van der Waals surface area contributed by atoms with E-state index in [1.165, 1.54) is 14.0 Å². The Morgan fingerprint density at radius 1 is 1.10 bits per heavy atom. The Morgan fingerprint density at radius 2 is 1.80 bits per heavy atom. The maximum atomic E-state index is 14.6. The third-order valence-electron chi connectivity index (χ3n) is 14.2. The summed E-state index contributed by atoms with van der Waals surface area (Å²) >= 11 is 0. The number of hydrogen-bond donors (Lipinski definition) is 6. The van der Waals surface area contributed by atoms with Gasteiger partial charge in [-0.3, -0.25) is 28.8 Å². The highest BCUT2D eigenvalue weighted by molar-refractivity contribution is 6.00. The molecule has 3 aliphatic rings. The molecule has 3 saturated heterocycles. The van der Waals surface area contributed by atoms with E-state index in [2.05, 4.69) is 20.9 Å². The summed E-state index contributed by atoms with van der Waals surface area (Å²) in [5, 5.41) is 46.0. The molecule has 1 amide bonds. The van der Waals surface area contributed by atoms with Gasteiger partial charge in [-0.2, -0.15) is 0 Å². The molecule has 3 fully saturated rings. The number of nitrogen functional groups attached to an aromatic ring is 1. The first-order chi connectivity index (χ1) is 32.5. The monoisotopic (exact) mass is 989 g/mol. The lowest BCUT2D eigenvalue weighted by atomic mass is 9.78. The number of esters is 1. The largest absolute Gasteiger partial charge is 0.481 e. The number of carbonyl (C=O) groups is 5. The second-order valence-corrected chi connectivity index (χ2v) is 19.8. The van der Waals surface area contributed by atoms with Gasteiger partial charge in [0.2, 0.25) is 0 Å². The number of ketones is 1.